The monoisotopic (exact) mass is 343 g/mol. The molecule has 3 aromatic rings. The molecular weight excluding hydrogens is 320 g/mol. The second-order valence-corrected chi connectivity index (χ2v) is 6.27. The molecule has 1 heterocycles. The van der Waals surface area contributed by atoms with Crippen molar-refractivity contribution < 1.29 is 9.36 Å². The predicted octanol–water partition coefficient (Wildman–Crippen LogP) is 4.16. The highest BCUT2D eigenvalue weighted by molar-refractivity contribution is 5.93. The molecule has 0 fully saturated rings. The Bertz CT molecular complexity index is 903. The summed E-state index contributed by atoms with van der Waals surface area (Å²) in [6.45, 7) is 6.55. The number of hydrogen-bond donors (Lipinski definition) is 1. The topological polar surface area (TPSA) is 33.0 Å². The van der Waals surface area contributed by atoms with Crippen LogP contribution in [0.1, 0.15) is 40.0 Å². The lowest BCUT2D eigenvalue weighted by molar-refractivity contribution is -0.688. The van der Waals surface area contributed by atoms with Crippen LogP contribution in [0.5, 0.6) is 0 Å². The Hall–Kier alpha value is -3.20. The average Bonchev–Trinajstić information content (AvgIpc) is 2.69. The standard InChI is InChI=1S/C23H22N2O/c1-3-19-10-7-8-13-21(19)16-25-15-9-14-22(17-25)23(26)24-18(2)20-11-5-4-6-12-20/h3-15,17-18H,1,16H2,2H3/p+1/t18-/m0/s1. The summed E-state index contributed by atoms with van der Waals surface area (Å²) in [6, 6.07) is 21.8. The maximum absolute atomic E-state index is 12.6. The van der Waals surface area contributed by atoms with E-state index >= 15 is 0 Å². The zero-order valence-electron chi connectivity index (χ0n) is 14.9. The van der Waals surface area contributed by atoms with Gasteiger partial charge in [-0.05, 0) is 24.1 Å². The largest absolute Gasteiger partial charge is 0.345 e. The number of carbonyl (C=O) groups excluding carboxylic acids is 1. The molecule has 0 aliphatic rings. The number of amides is 1. The van der Waals surface area contributed by atoms with E-state index in [0.29, 0.717) is 12.1 Å². The molecule has 0 radical (unpaired) electrons. The third kappa shape index (κ3) is 4.25. The van der Waals surface area contributed by atoms with Crippen LogP contribution in [0.2, 0.25) is 0 Å². The first-order valence-corrected chi connectivity index (χ1v) is 8.72. The quantitative estimate of drug-likeness (QED) is 0.670. The number of rotatable bonds is 6. The zero-order chi connectivity index (χ0) is 18.4. The van der Waals surface area contributed by atoms with Gasteiger partial charge in [-0.3, -0.25) is 4.79 Å². The number of nitrogens with one attached hydrogen (secondary N) is 1. The van der Waals surface area contributed by atoms with Crippen molar-refractivity contribution in [2.24, 2.45) is 0 Å². The highest BCUT2D eigenvalue weighted by atomic mass is 16.1. The Labute approximate surface area is 154 Å². The normalized spacial score (nSPS) is 11.6. The molecule has 0 spiro atoms. The smallest absolute Gasteiger partial charge is 0.257 e. The molecule has 1 amide bonds. The van der Waals surface area contributed by atoms with Gasteiger partial charge in [-0.2, -0.15) is 4.57 Å². The average molecular weight is 343 g/mol. The third-order valence-corrected chi connectivity index (χ3v) is 4.40. The van der Waals surface area contributed by atoms with E-state index in [4.69, 9.17) is 0 Å². The molecule has 0 unspecified atom stereocenters. The van der Waals surface area contributed by atoms with Gasteiger partial charge in [-0.15, -0.1) is 0 Å². The van der Waals surface area contributed by atoms with Crippen molar-refractivity contribution in [3.63, 3.8) is 0 Å². The molecule has 26 heavy (non-hydrogen) atoms. The highest BCUT2D eigenvalue weighted by Gasteiger charge is 2.15. The van der Waals surface area contributed by atoms with Crippen LogP contribution >= 0.6 is 0 Å². The summed E-state index contributed by atoms with van der Waals surface area (Å²) in [6.07, 6.45) is 5.71. The number of benzene rings is 2. The molecule has 3 rings (SSSR count). The molecule has 0 aliphatic carbocycles. The van der Waals surface area contributed by atoms with E-state index in [1.807, 2.05) is 90.6 Å². The Balaban J connectivity index is 1.74. The van der Waals surface area contributed by atoms with Gasteiger partial charge in [0.15, 0.2) is 18.9 Å². The maximum atomic E-state index is 12.6. The van der Waals surface area contributed by atoms with Crippen LogP contribution < -0.4 is 9.88 Å². The van der Waals surface area contributed by atoms with Gasteiger partial charge in [-0.25, -0.2) is 0 Å². The van der Waals surface area contributed by atoms with Crippen LogP contribution in [0.15, 0.2) is 85.7 Å². The summed E-state index contributed by atoms with van der Waals surface area (Å²) in [5.74, 6) is -0.0762. The summed E-state index contributed by atoms with van der Waals surface area (Å²) in [5.41, 5.74) is 4.01. The van der Waals surface area contributed by atoms with Gasteiger partial charge in [0.25, 0.3) is 5.91 Å². The van der Waals surface area contributed by atoms with E-state index in [1.54, 1.807) is 0 Å². The molecule has 3 nitrogen and oxygen atoms in total. The van der Waals surface area contributed by atoms with Crippen molar-refractivity contribution >= 4 is 12.0 Å². The second-order valence-electron chi connectivity index (χ2n) is 6.27. The molecular formula is C23H23N2O+. The molecule has 1 atom stereocenters. The first-order chi connectivity index (χ1) is 12.7. The summed E-state index contributed by atoms with van der Waals surface area (Å²) in [4.78, 5) is 12.6. The summed E-state index contributed by atoms with van der Waals surface area (Å²) in [7, 11) is 0. The molecule has 0 saturated heterocycles. The fraction of sp³-hybridized carbons (Fsp3) is 0.130. The minimum absolute atomic E-state index is 0.0427. The first kappa shape index (κ1) is 17.6. The molecule has 1 N–H and O–H groups in total. The predicted molar refractivity (Wildman–Crippen MR) is 105 cm³/mol. The number of carbonyl (C=O) groups is 1. The fourth-order valence-electron chi connectivity index (χ4n) is 2.93. The van der Waals surface area contributed by atoms with Crippen molar-refractivity contribution in [3.8, 4) is 0 Å². The van der Waals surface area contributed by atoms with E-state index in [-0.39, 0.29) is 11.9 Å². The Morgan fingerprint density at radius 1 is 1.08 bits per heavy atom. The van der Waals surface area contributed by atoms with E-state index in [9.17, 15) is 4.79 Å². The Morgan fingerprint density at radius 2 is 1.81 bits per heavy atom. The molecule has 0 aliphatic heterocycles. The van der Waals surface area contributed by atoms with Gasteiger partial charge in [0.2, 0.25) is 0 Å². The lowest BCUT2D eigenvalue weighted by Crippen LogP contribution is -2.36. The molecule has 2 aromatic carbocycles. The SMILES string of the molecule is C=Cc1ccccc1C[n+]1cccc(C(=O)N[C@@H](C)c2ccccc2)c1. The third-order valence-electron chi connectivity index (χ3n) is 4.40. The van der Waals surface area contributed by atoms with Crippen molar-refractivity contribution in [2.75, 3.05) is 0 Å². The van der Waals surface area contributed by atoms with Crippen LogP contribution in [0.3, 0.4) is 0 Å². The number of pyridine rings is 1. The number of hydrogen-bond acceptors (Lipinski definition) is 1. The van der Waals surface area contributed by atoms with Crippen LogP contribution in [0, 0.1) is 0 Å². The van der Waals surface area contributed by atoms with Gasteiger partial charge in [-0.1, -0.05) is 67.3 Å². The lowest BCUT2D eigenvalue weighted by atomic mass is 10.1. The minimum atomic E-state index is -0.0762. The number of aromatic nitrogens is 1. The van der Waals surface area contributed by atoms with Gasteiger partial charge in [0.1, 0.15) is 5.56 Å². The minimum Gasteiger partial charge on any atom is -0.345 e. The van der Waals surface area contributed by atoms with Crippen LogP contribution in [-0.2, 0) is 6.54 Å². The van der Waals surface area contributed by atoms with Gasteiger partial charge >= 0.3 is 0 Å². The number of nitrogens with zero attached hydrogens (tertiary/aromatic N) is 1. The summed E-state index contributed by atoms with van der Waals surface area (Å²) < 4.78 is 2.02. The van der Waals surface area contributed by atoms with E-state index < -0.39 is 0 Å². The first-order valence-electron chi connectivity index (χ1n) is 8.72. The Kier molecular flexibility index (Phi) is 5.59. The van der Waals surface area contributed by atoms with Gasteiger partial charge in [0.05, 0.1) is 6.04 Å². The van der Waals surface area contributed by atoms with Gasteiger partial charge < -0.3 is 5.32 Å². The van der Waals surface area contributed by atoms with E-state index in [2.05, 4.69) is 18.0 Å². The highest BCUT2D eigenvalue weighted by Crippen LogP contribution is 2.12. The second kappa shape index (κ2) is 8.26. The van der Waals surface area contributed by atoms with Crippen LogP contribution in [0.25, 0.3) is 6.08 Å². The summed E-state index contributed by atoms with van der Waals surface area (Å²) >= 11 is 0. The molecule has 0 saturated carbocycles. The van der Waals surface area contributed by atoms with Crippen LogP contribution in [0.4, 0.5) is 0 Å². The van der Waals surface area contributed by atoms with E-state index in [1.165, 1.54) is 5.56 Å². The van der Waals surface area contributed by atoms with Gasteiger partial charge in [0, 0.05) is 11.6 Å². The van der Waals surface area contributed by atoms with Crippen molar-refractivity contribution in [3.05, 3.63) is 108 Å². The van der Waals surface area contributed by atoms with Crippen molar-refractivity contribution in [1.82, 2.24) is 5.32 Å². The molecule has 3 heteroatoms. The van der Waals surface area contributed by atoms with Crippen molar-refractivity contribution in [1.29, 1.82) is 0 Å². The maximum Gasteiger partial charge on any atom is 0.257 e. The Morgan fingerprint density at radius 3 is 2.58 bits per heavy atom. The van der Waals surface area contributed by atoms with Crippen LogP contribution in [-0.4, -0.2) is 5.91 Å². The van der Waals surface area contributed by atoms with E-state index in [0.717, 1.165) is 11.1 Å². The summed E-state index contributed by atoms with van der Waals surface area (Å²) in [5, 5.41) is 3.06. The molecule has 0 bridgehead atoms. The lowest BCUT2D eigenvalue weighted by Gasteiger charge is -2.13. The zero-order valence-corrected chi connectivity index (χ0v) is 14.9. The van der Waals surface area contributed by atoms with Crippen molar-refractivity contribution in [2.45, 2.75) is 19.5 Å². The fourth-order valence-corrected chi connectivity index (χ4v) is 2.93. The molecule has 1 aromatic heterocycles. The molecule has 130 valence electrons.